The Labute approximate surface area is 192 Å². The quantitative estimate of drug-likeness (QED) is 0.415. The molecule has 1 aliphatic rings. The van der Waals surface area contributed by atoms with Crippen LogP contribution in [0.4, 0.5) is 4.39 Å². The second-order valence-corrected chi connectivity index (χ2v) is 10.0. The molecular weight excluding hydrogens is 430 g/mol. The molecule has 0 unspecified atom stereocenters. The molecule has 0 saturated carbocycles. The van der Waals surface area contributed by atoms with Gasteiger partial charge in [-0.05, 0) is 69.2 Å². The van der Waals surface area contributed by atoms with Gasteiger partial charge in [0.25, 0.3) is 5.56 Å². The molecule has 32 heavy (non-hydrogen) atoms. The van der Waals surface area contributed by atoms with Gasteiger partial charge in [0, 0.05) is 17.9 Å². The van der Waals surface area contributed by atoms with Crippen LogP contribution in [0.25, 0.3) is 16.5 Å². The van der Waals surface area contributed by atoms with Crippen molar-refractivity contribution in [3.63, 3.8) is 0 Å². The summed E-state index contributed by atoms with van der Waals surface area (Å²) in [6.45, 7) is 13.6. The molecule has 1 aromatic carbocycles. The van der Waals surface area contributed by atoms with Crippen LogP contribution in [0.1, 0.15) is 58.6 Å². The van der Waals surface area contributed by atoms with E-state index >= 15 is 4.39 Å². The van der Waals surface area contributed by atoms with Crippen molar-refractivity contribution < 1.29 is 13.7 Å². The summed E-state index contributed by atoms with van der Waals surface area (Å²) in [7, 11) is -0.859. The average molecular weight is 457 g/mol. The van der Waals surface area contributed by atoms with E-state index in [1.54, 1.807) is 24.5 Å². The van der Waals surface area contributed by atoms with Gasteiger partial charge in [-0.25, -0.2) is 9.37 Å². The zero-order valence-corrected chi connectivity index (χ0v) is 20.2. The largest absolute Gasteiger partial charge is 0.497 e. The topological polar surface area (TPSA) is 53.4 Å². The van der Waals surface area contributed by atoms with E-state index in [0.29, 0.717) is 11.1 Å². The first-order valence-corrected chi connectivity index (χ1v) is 11.1. The van der Waals surface area contributed by atoms with E-state index in [9.17, 15) is 4.79 Å². The SMILES string of the molecule is Cc1ccnc(Cl)c1-n1cc(C(C)C)c2cc(B3OC(C)(C)C(C)(C)O3)c(F)cc2c1=O. The van der Waals surface area contributed by atoms with Gasteiger partial charge < -0.3 is 9.31 Å². The predicted octanol–water partition coefficient (Wildman–Crippen LogP) is 4.91. The fourth-order valence-electron chi connectivity index (χ4n) is 3.99. The van der Waals surface area contributed by atoms with Crippen molar-refractivity contribution in [2.45, 2.75) is 65.6 Å². The number of hydrogen-bond acceptors (Lipinski definition) is 4. The van der Waals surface area contributed by atoms with Gasteiger partial charge in [-0.3, -0.25) is 9.36 Å². The Morgan fingerprint density at radius 2 is 1.75 bits per heavy atom. The van der Waals surface area contributed by atoms with Crippen molar-refractivity contribution in [3.05, 3.63) is 63.0 Å². The molecule has 0 aliphatic carbocycles. The van der Waals surface area contributed by atoms with E-state index in [1.807, 2.05) is 48.5 Å². The molecule has 0 bridgehead atoms. The molecule has 0 spiro atoms. The number of halogens is 2. The molecule has 5 nitrogen and oxygen atoms in total. The molecule has 1 saturated heterocycles. The molecular formula is C24H27BClFN2O3. The zero-order chi connectivity index (χ0) is 23.6. The molecule has 8 heteroatoms. The number of aromatic nitrogens is 2. The van der Waals surface area contributed by atoms with Crippen molar-refractivity contribution in [2.24, 2.45) is 0 Å². The van der Waals surface area contributed by atoms with Gasteiger partial charge >= 0.3 is 7.12 Å². The van der Waals surface area contributed by atoms with Crippen molar-refractivity contribution in [1.29, 1.82) is 0 Å². The fraction of sp³-hybridized carbons (Fsp3) is 0.417. The maximum atomic E-state index is 15.3. The minimum atomic E-state index is -0.859. The minimum absolute atomic E-state index is 0.0664. The van der Waals surface area contributed by atoms with Crippen molar-refractivity contribution >= 4 is 35.0 Å². The van der Waals surface area contributed by atoms with Crippen LogP contribution in [0, 0.1) is 12.7 Å². The second-order valence-electron chi connectivity index (χ2n) is 9.69. The van der Waals surface area contributed by atoms with Crippen LogP contribution in [-0.4, -0.2) is 27.9 Å². The summed E-state index contributed by atoms with van der Waals surface area (Å²) in [4.78, 5) is 17.6. The minimum Gasteiger partial charge on any atom is -0.399 e. The number of pyridine rings is 2. The predicted molar refractivity (Wildman–Crippen MR) is 127 cm³/mol. The summed E-state index contributed by atoms with van der Waals surface area (Å²) >= 11 is 6.34. The molecule has 1 fully saturated rings. The lowest BCUT2D eigenvalue weighted by Gasteiger charge is -2.32. The van der Waals surface area contributed by atoms with Gasteiger partial charge in [0.1, 0.15) is 5.82 Å². The van der Waals surface area contributed by atoms with Crippen LogP contribution < -0.4 is 11.0 Å². The second kappa shape index (κ2) is 7.68. The third-order valence-electron chi connectivity index (χ3n) is 6.62. The standard InChI is InChI=1S/C24H27BClFN2O3/c1-13(2)17-12-29(20-14(3)8-9-28-21(20)26)22(30)16-11-19(27)18(10-15(16)17)25-31-23(4,5)24(6,7)32-25/h8-13H,1-7H3. The van der Waals surface area contributed by atoms with E-state index in [0.717, 1.165) is 11.1 Å². The van der Waals surface area contributed by atoms with E-state index in [1.165, 1.54) is 10.6 Å². The normalized spacial score (nSPS) is 17.5. The van der Waals surface area contributed by atoms with Crippen LogP contribution in [0.5, 0.6) is 0 Å². The molecule has 0 N–H and O–H groups in total. The lowest BCUT2D eigenvalue weighted by atomic mass is 9.77. The van der Waals surface area contributed by atoms with Crippen LogP contribution in [0.3, 0.4) is 0 Å². The molecule has 4 rings (SSSR count). The zero-order valence-electron chi connectivity index (χ0n) is 19.4. The number of fused-ring (bicyclic) bond motifs is 1. The van der Waals surface area contributed by atoms with Crippen molar-refractivity contribution in [1.82, 2.24) is 9.55 Å². The number of hydrogen-bond donors (Lipinski definition) is 0. The molecule has 168 valence electrons. The number of benzene rings is 1. The molecule has 1 aliphatic heterocycles. The highest BCUT2D eigenvalue weighted by Crippen LogP contribution is 2.37. The average Bonchev–Trinajstić information content (AvgIpc) is 2.90. The molecule has 3 heterocycles. The molecule has 0 amide bonds. The van der Waals surface area contributed by atoms with E-state index in [4.69, 9.17) is 20.9 Å². The lowest BCUT2D eigenvalue weighted by molar-refractivity contribution is 0.00578. The summed E-state index contributed by atoms with van der Waals surface area (Å²) in [6.07, 6.45) is 3.37. The van der Waals surface area contributed by atoms with Crippen molar-refractivity contribution in [2.75, 3.05) is 0 Å². The summed E-state index contributed by atoms with van der Waals surface area (Å²) in [5.74, 6) is -0.480. The third kappa shape index (κ3) is 3.56. The first-order chi connectivity index (χ1) is 14.8. The Morgan fingerprint density at radius 1 is 1.12 bits per heavy atom. The van der Waals surface area contributed by atoms with Crippen molar-refractivity contribution in [3.8, 4) is 5.69 Å². The number of aryl methyl sites for hydroxylation is 1. The summed E-state index contributed by atoms with van der Waals surface area (Å²) < 4.78 is 28.9. The Balaban J connectivity index is 1.98. The van der Waals surface area contributed by atoms with Gasteiger partial charge in [0.15, 0.2) is 5.15 Å². The van der Waals surface area contributed by atoms with Gasteiger partial charge in [0.05, 0.1) is 22.3 Å². The molecule has 0 radical (unpaired) electrons. The third-order valence-corrected chi connectivity index (χ3v) is 6.89. The summed E-state index contributed by atoms with van der Waals surface area (Å²) in [5.41, 5.74) is 0.911. The van der Waals surface area contributed by atoms with E-state index in [2.05, 4.69) is 4.98 Å². The first kappa shape index (κ1) is 23.0. The molecule has 0 atom stereocenters. The Kier molecular flexibility index (Phi) is 5.51. The number of rotatable bonds is 3. The Bertz CT molecular complexity index is 1250. The van der Waals surface area contributed by atoms with Crippen LogP contribution in [0.2, 0.25) is 5.15 Å². The smallest absolute Gasteiger partial charge is 0.399 e. The molecule has 2 aromatic heterocycles. The van der Waals surface area contributed by atoms with Crippen LogP contribution >= 0.6 is 11.6 Å². The first-order valence-electron chi connectivity index (χ1n) is 10.7. The Morgan fingerprint density at radius 3 is 2.31 bits per heavy atom. The van der Waals surface area contributed by atoms with E-state index < -0.39 is 24.1 Å². The highest BCUT2D eigenvalue weighted by Gasteiger charge is 2.52. The highest BCUT2D eigenvalue weighted by atomic mass is 35.5. The lowest BCUT2D eigenvalue weighted by Crippen LogP contribution is -2.41. The van der Waals surface area contributed by atoms with Gasteiger partial charge in [-0.15, -0.1) is 0 Å². The van der Waals surface area contributed by atoms with Gasteiger partial charge in [0.2, 0.25) is 0 Å². The van der Waals surface area contributed by atoms with Crippen LogP contribution in [0.15, 0.2) is 35.4 Å². The van der Waals surface area contributed by atoms with Gasteiger partial charge in [-0.2, -0.15) is 0 Å². The van der Waals surface area contributed by atoms with Crippen LogP contribution in [-0.2, 0) is 9.31 Å². The van der Waals surface area contributed by atoms with E-state index in [-0.39, 0.29) is 27.5 Å². The molecule has 3 aromatic rings. The maximum Gasteiger partial charge on any atom is 0.497 e. The monoisotopic (exact) mass is 456 g/mol. The van der Waals surface area contributed by atoms with Gasteiger partial charge in [-0.1, -0.05) is 31.5 Å². The number of nitrogens with zero attached hydrogens (tertiary/aromatic N) is 2. The maximum absolute atomic E-state index is 15.3. The highest BCUT2D eigenvalue weighted by molar-refractivity contribution is 6.62. The fourth-order valence-corrected chi connectivity index (χ4v) is 4.28. The summed E-state index contributed by atoms with van der Waals surface area (Å²) in [6, 6.07) is 4.75. The summed E-state index contributed by atoms with van der Waals surface area (Å²) in [5, 5.41) is 1.16. The Hall–Kier alpha value is -2.22.